The lowest BCUT2D eigenvalue weighted by Crippen LogP contribution is -2.10. The molecule has 19 heavy (non-hydrogen) atoms. The summed E-state index contributed by atoms with van der Waals surface area (Å²) in [5.41, 5.74) is 5.19. The zero-order chi connectivity index (χ0) is 14.0. The lowest BCUT2D eigenvalue weighted by molar-refractivity contribution is 0.0991. The number of nitrogens with two attached hydrogens (primary N) is 1. The van der Waals surface area contributed by atoms with Gasteiger partial charge in [0.2, 0.25) is 0 Å². The van der Waals surface area contributed by atoms with E-state index in [9.17, 15) is 18.0 Å². The lowest BCUT2D eigenvalue weighted by Gasteiger charge is -2.07. The van der Waals surface area contributed by atoms with Gasteiger partial charge in [-0.3, -0.25) is 4.79 Å². The monoisotopic (exact) mass is 265 g/mol. The second-order valence-electron chi connectivity index (χ2n) is 4.03. The number of carbonyl (C=O) groups is 1. The first-order valence-electron chi connectivity index (χ1n) is 5.50. The van der Waals surface area contributed by atoms with Crippen LogP contribution in [0.25, 0.3) is 0 Å². The molecule has 0 atom stereocenters. The number of nitrogen functional groups attached to an aromatic ring is 1. The van der Waals surface area contributed by atoms with Crippen LogP contribution >= 0.6 is 0 Å². The number of anilines is 1. The minimum Gasteiger partial charge on any atom is -0.398 e. The summed E-state index contributed by atoms with van der Waals surface area (Å²) >= 11 is 0. The molecule has 5 heteroatoms. The van der Waals surface area contributed by atoms with Crippen molar-refractivity contribution in [2.45, 2.75) is 6.42 Å². The summed E-state index contributed by atoms with van der Waals surface area (Å²) < 4.78 is 39.9. The van der Waals surface area contributed by atoms with Gasteiger partial charge in [0.15, 0.2) is 5.78 Å². The quantitative estimate of drug-likeness (QED) is 0.684. The van der Waals surface area contributed by atoms with Crippen LogP contribution in [0, 0.1) is 17.5 Å². The molecular formula is C14H10F3NO. The Bertz CT molecular complexity index is 620. The summed E-state index contributed by atoms with van der Waals surface area (Å²) in [6, 6.07) is 6.61. The number of rotatable bonds is 3. The van der Waals surface area contributed by atoms with Crippen molar-refractivity contribution in [2.24, 2.45) is 0 Å². The van der Waals surface area contributed by atoms with Gasteiger partial charge in [-0.25, -0.2) is 13.2 Å². The first kappa shape index (κ1) is 13.1. The zero-order valence-corrected chi connectivity index (χ0v) is 9.79. The van der Waals surface area contributed by atoms with E-state index >= 15 is 0 Å². The largest absolute Gasteiger partial charge is 0.398 e. The summed E-state index contributed by atoms with van der Waals surface area (Å²) in [5, 5.41) is 0. The van der Waals surface area contributed by atoms with Crippen molar-refractivity contribution in [1.29, 1.82) is 0 Å². The van der Waals surface area contributed by atoms with E-state index in [2.05, 4.69) is 0 Å². The summed E-state index contributed by atoms with van der Waals surface area (Å²) in [5.74, 6) is -2.90. The van der Waals surface area contributed by atoms with E-state index in [4.69, 9.17) is 5.73 Å². The Balaban J connectivity index is 2.34. The van der Waals surface area contributed by atoms with Gasteiger partial charge in [-0.2, -0.15) is 0 Å². The van der Waals surface area contributed by atoms with Crippen molar-refractivity contribution >= 4 is 11.5 Å². The minimum absolute atomic E-state index is 0.0724. The summed E-state index contributed by atoms with van der Waals surface area (Å²) in [4.78, 5) is 11.9. The maximum Gasteiger partial charge on any atom is 0.169 e. The van der Waals surface area contributed by atoms with Crippen molar-refractivity contribution in [3.63, 3.8) is 0 Å². The molecule has 0 spiro atoms. The van der Waals surface area contributed by atoms with Crippen molar-refractivity contribution in [3.05, 3.63) is 65.0 Å². The van der Waals surface area contributed by atoms with Gasteiger partial charge < -0.3 is 5.73 Å². The number of Topliss-reactive ketones (excluding diaryl/α,β-unsaturated/α-hetero) is 1. The molecule has 0 aliphatic rings. The van der Waals surface area contributed by atoms with Crippen molar-refractivity contribution in [3.8, 4) is 0 Å². The molecule has 0 aliphatic heterocycles. The van der Waals surface area contributed by atoms with Crippen molar-refractivity contribution in [2.75, 3.05) is 5.73 Å². The molecule has 0 amide bonds. The average Bonchev–Trinajstić information content (AvgIpc) is 2.37. The third kappa shape index (κ3) is 2.76. The third-order valence-corrected chi connectivity index (χ3v) is 2.71. The highest BCUT2D eigenvalue weighted by molar-refractivity contribution is 6.01. The SMILES string of the molecule is Nc1ccc(F)cc1C(=O)Cc1c(F)cccc1F. The van der Waals surface area contributed by atoms with Crippen LogP contribution in [0.2, 0.25) is 0 Å². The first-order chi connectivity index (χ1) is 8.99. The van der Waals surface area contributed by atoms with Gasteiger partial charge in [0.1, 0.15) is 17.5 Å². The van der Waals surface area contributed by atoms with Crippen molar-refractivity contribution in [1.82, 2.24) is 0 Å². The van der Waals surface area contributed by atoms with Gasteiger partial charge in [0, 0.05) is 23.2 Å². The van der Waals surface area contributed by atoms with Gasteiger partial charge in [0.05, 0.1) is 0 Å². The molecule has 2 aromatic carbocycles. The molecule has 98 valence electrons. The molecule has 0 bridgehead atoms. The number of hydrogen-bond acceptors (Lipinski definition) is 2. The van der Waals surface area contributed by atoms with E-state index in [0.717, 1.165) is 24.3 Å². The van der Waals surface area contributed by atoms with E-state index in [1.165, 1.54) is 12.1 Å². The van der Waals surface area contributed by atoms with Crippen LogP contribution in [0.1, 0.15) is 15.9 Å². The molecule has 0 heterocycles. The van der Waals surface area contributed by atoms with E-state index < -0.39 is 29.7 Å². The molecule has 0 saturated carbocycles. The number of ketones is 1. The number of hydrogen-bond donors (Lipinski definition) is 1. The van der Waals surface area contributed by atoms with Gasteiger partial charge in [0.25, 0.3) is 0 Å². The highest BCUT2D eigenvalue weighted by Gasteiger charge is 2.16. The molecule has 0 saturated heterocycles. The van der Waals surface area contributed by atoms with Gasteiger partial charge >= 0.3 is 0 Å². The Morgan fingerprint density at radius 1 is 1.05 bits per heavy atom. The Hall–Kier alpha value is -2.30. The molecule has 0 unspecified atom stereocenters. The van der Waals surface area contributed by atoms with Gasteiger partial charge in [-0.15, -0.1) is 0 Å². The first-order valence-corrected chi connectivity index (χ1v) is 5.50. The maximum atomic E-state index is 13.4. The molecule has 2 nitrogen and oxygen atoms in total. The second-order valence-corrected chi connectivity index (χ2v) is 4.03. The van der Waals surface area contributed by atoms with Crippen LogP contribution in [0.15, 0.2) is 36.4 Å². The fourth-order valence-electron chi connectivity index (χ4n) is 1.73. The molecule has 0 fully saturated rings. The average molecular weight is 265 g/mol. The lowest BCUT2D eigenvalue weighted by atomic mass is 10.0. The van der Waals surface area contributed by atoms with E-state index in [1.54, 1.807) is 0 Å². The predicted molar refractivity (Wildman–Crippen MR) is 65.2 cm³/mol. The molecule has 0 aliphatic carbocycles. The van der Waals surface area contributed by atoms with E-state index in [-0.39, 0.29) is 16.8 Å². The number of benzene rings is 2. The van der Waals surface area contributed by atoms with Gasteiger partial charge in [-0.1, -0.05) is 6.07 Å². The molecule has 0 aromatic heterocycles. The molecule has 2 N–H and O–H groups in total. The van der Waals surface area contributed by atoms with E-state index in [1.807, 2.05) is 0 Å². The van der Waals surface area contributed by atoms with Crippen LogP contribution in [-0.2, 0) is 6.42 Å². The van der Waals surface area contributed by atoms with Gasteiger partial charge in [-0.05, 0) is 30.3 Å². The Morgan fingerprint density at radius 2 is 1.68 bits per heavy atom. The predicted octanol–water partition coefficient (Wildman–Crippen LogP) is 3.11. The van der Waals surface area contributed by atoms with Crippen LogP contribution in [0.5, 0.6) is 0 Å². The fourth-order valence-corrected chi connectivity index (χ4v) is 1.73. The molecule has 2 aromatic rings. The summed E-state index contributed by atoms with van der Waals surface area (Å²) in [7, 11) is 0. The van der Waals surface area contributed by atoms with Crippen molar-refractivity contribution < 1.29 is 18.0 Å². The Kier molecular flexibility index (Phi) is 3.55. The molecule has 0 radical (unpaired) electrons. The maximum absolute atomic E-state index is 13.4. The van der Waals surface area contributed by atoms with Crippen LogP contribution in [0.4, 0.5) is 18.9 Å². The molecular weight excluding hydrogens is 255 g/mol. The Morgan fingerprint density at radius 3 is 2.32 bits per heavy atom. The number of carbonyl (C=O) groups excluding carboxylic acids is 1. The Labute approximate surface area is 107 Å². The third-order valence-electron chi connectivity index (χ3n) is 2.71. The second kappa shape index (κ2) is 5.14. The number of halogens is 3. The van der Waals surface area contributed by atoms with Crippen LogP contribution < -0.4 is 5.73 Å². The smallest absolute Gasteiger partial charge is 0.169 e. The summed E-state index contributed by atoms with van der Waals surface area (Å²) in [6.07, 6.45) is -0.508. The standard InChI is InChI=1S/C14H10F3NO/c15-8-4-5-13(18)10(6-8)14(19)7-9-11(16)2-1-3-12(9)17/h1-6H,7,18H2. The minimum atomic E-state index is -0.816. The van der Waals surface area contributed by atoms with Crippen LogP contribution in [-0.4, -0.2) is 5.78 Å². The summed E-state index contributed by atoms with van der Waals surface area (Å²) in [6.45, 7) is 0. The fraction of sp³-hybridized carbons (Fsp3) is 0.0714. The molecule has 2 rings (SSSR count). The highest BCUT2D eigenvalue weighted by Crippen LogP contribution is 2.19. The normalized spacial score (nSPS) is 10.5. The van der Waals surface area contributed by atoms with Crippen LogP contribution in [0.3, 0.4) is 0 Å². The zero-order valence-electron chi connectivity index (χ0n) is 9.79. The highest BCUT2D eigenvalue weighted by atomic mass is 19.1. The van der Waals surface area contributed by atoms with E-state index in [0.29, 0.717) is 0 Å². The topological polar surface area (TPSA) is 43.1 Å².